The van der Waals surface area contributed by atoms with Crippen LogP contribution in [-0.2, 0) is 19.3 Å². The number of hydrogen-bond acceptors (Lipinski definition) is 4. The second-order valence-corrected chi connectivity index (χ2v) is 7.06. The molecule has 1 N–H and O–H groups in total. The van der Waals surface area contributed by atoms with Crippen molar-refractivity contribution in [3.05, 3.63) is 82.9 Å². The normalized spacial score (nSPS) is 11.8. The number of aryl methyl sites for hydroxylation is 1. The summed E-state index contributed by atoms with van der Waals surface area (Å²) in [6.45, 7) is 4.79. The van der Waals surface area contributed by atoms with E-state index in [1.54, 1.807) is 24.3 Å². The first kappa shape index (κ1) is 19.9. The van der Waals surface area contributed by atoms with E-state index in [0.717, 1.165) is 22.5 Å². The summed E-state index contributed by atoms with van der Waals surface area (Å²) >= 11 is 0. The number of aromatic nitrogens is 4. The van der Waals surface area contributed by atoms with Crippen molar-refractivity contribution >= 4 is 16.7 Å². The summed E-state index contributed by atoms with van der Waals surface area (Å²) < 4.78 is 41.6. The van der Waals surface area contributed by atoms with Gasteiger partial charge in [0.2, 0.25) is 5.82 Å². The van der Waals surface area contributed by atoms with E-state index in [-0.39, 0.29) is 11.3 Å². The highest BCUT2D eigenvalue weighted by molar-refractivity contribution is 5.89. The molecule has 0 aliphatic heterocycles. The van der Waals surface area contributed by atoms with Crippen molar-refractivity contribution in [1.82, 2.24) is 19.7 Å². The number of fused-ring (bicyclic) bond motifs is 1. The topological polar surface area (TPSA) is 55.6 Å². The van der Waals surface area contributed by atoms with Crippen molar-refractivity contribution < 1.29 is 13.2 Å². The predicted molar refractivity (Wildman–Crippen MR) is 109 cm³/mol. The molecule has 0 atom stereocenters. The second-order valence-electron chi connectivity index (χ2n) is 7.06. The Kier molecular flexibility index (Phi) is 5.15. The molecule has 0 aliphatic rings. The molecule has 4 rings (SSSR count). The van der Waals surface area contributed by atoms with E-state index in [9.17, 15) is 13.2 Å². The molecule has 0 spiro atoms. The molecule has 0 fully saturated rings. The zero-order valence-corrected chi connectivity index (χ0v) is 16.5. The van der Waals surface area contributed by atoms with Gasteiger partial charge in [0, 0.05) is 23.2 Å². The Morgan fingerprint density at radius 2 is 1.63 bits per heavy atom. The van der Waals surface area contributed by atoms with E-state index in [1.807, 2.05) is 48.9 Å². The van der Waals surface area contributed by atoms with Gasteiger partial charge in [-0.25, -0.2) is 9.97 Å². The largest absolute Gasteiger partial charge is 0.451 e. The molecule has 30 heavy (non-hydrogen) atoms. The summed E-state index contributed by atoms with van der Waals surface area (Å²) in [5.41, 5.74) is 4.08. The highest BCUT2D eigenvalue weighted by Crippen LogP contribution is 2.30. The minimum Gasteiger partial charge on any atom is -0.365 e. The van der Waals surface area contributed by atoms with E-state index in [1.165, 1.54) is 0 Å². The Hall–Kier alpha value is -3.42. The van der Waals surface area contributed by atoms with Crippen LogP contribution >= 0.6 is 0 Å². The van der Waals surface area contributed by atoms with Crippen LogP contribution in [0.2, 0.25) is 0 Å². The third kappa shape index (κ3) is 3.98. The fourth-order valence-corrected chi connectivity index (χ4v) is 3.41. The molecular weight excluding hydrogens is 391 g/mol. The monoisotopic (exact) mass is 411 g/mol. The summed E-state index contributed by atoms with van der Waals surface area (Å²) in [6.07, 6.45) is -4.62. The molecule has 0 radical (unpaired) electrons. The van der Waals surface area contributed by atoms with E-state index < -0.39 is 12.0 Å². The molecule has 0 unspecified atom stereocenters. The molecule has 0 saturated carbocycles. The maximum atomic E-state index is 13.2. The van der Waals surface area contributed by atoms with Gasteiger partial charge in [0.05, 0.1) is 17.8 Å². The lowest BCUT2D eigenvalue weighted by molar-refractivity contribution is -0.144. The Balaban J connectivity index is 1.63. The van der Waals surface area contributed by atoms with Gasteiger partial charge in [-0.15, -0.1) is 0 Å². The van der Waals surface area contributed by atoms with Gasteiger partial charge in [0.15, 0.2) is 0 Å². The molecule has 2 aromatic heterocycles. The summed E-state index contributed by atoms with van der Waals surface area (Å²) in [5, 5.41) is 8.21. The van der Waals surface area contributed by atoms with Crippen molar-refractivity contribution in [1.29, 1.82) is 0 Å². The molecule has 0 saturated heterocycles. The molecular formula is C22H20F3N5. The average Bonchev–Trinajstić information content (AvgIpc) is 2.98. The number of halogens is 3. The van der Waals surface area contributed by atoms with Crippen molar-refractivity contribution in [2.45, 2.75) is 33.1 Å². The molecule has 0 bridgehead atoms. The molecule has 8 heteroatoms. The van der Waals surface area contributed by atoms with E-state index in [2.05, 4.69) is 20.4 Å². The number of rotatable bonds is 5. The number of nitrogens with one attached hydrogen (secondary N) is 1. The lowest BCUT2D eigenvalue weighted by Gasteiger charge is -2.12. The Morgan fingerprint density at radius 1 is 0.933 bits per heavy atom. The molecule has 0 amide bonds. The number of anilines is 1. The quantitative estimate of drug-likeness (QED) is 0.495. The van der Waals surface area contributed by atoms with Crippen LogP contribution in [-0.4, -0.2) is 19.7 Å². The highest BCUT2D eigenvalue weighted by Gasteiger charge is 2.35. The average molecular weight is 411 g/mol. The summed E-state index contributed by atoms with van der Waals surface area (Å²) in [6, 6.07) is 16.6. The van der Waals surface area contributed by atoms with E-state index >= 15 is 0 Å². The fraction of sp³-hybridized carbons (Fsp3) is 0.227. The maximum absolute atomic E-state index is 13.2. The number of hydrogen-bond donors (Lipinski definition) is 1. The van der Waals surface area contributed by atoms with Gasteiger partial charge >= 0.3 is 6.18 Å². The SMILES string of the molecule is Cc1nn(Cc2ccccc2)c(C)c1CNc1nc(C(F)(F)F)nc2ccccc12. The molecule has 154 valence electrons. The Morgan fingerprint density at radius 3 is 2.37 bits per heavy atom. The zero-order valence-electron chi connectivity index (χ0n) is 16.5. The fourth-order valence-electron chi connectivity index (χ4n) is 3.41. The first-order valence-corrected chi connectivity index (χ1v) is 9.47. The van der Waals surface area contributed by atoms with Gasteiger partial charge in [-0.3, -0.25) is 4.68 Å². The van der Waals surface area contributed by atoms with Crippen molar-refractivity contribution in [2.24, 2.45) is 0 Å². The van der Waals surface area contributed by atoms with Crippen LogP contribution in [0, 0.1) is 13.8 Å². The Bertz CT molecular complexity index is 1180. The zero-order chi connectivity index (χ0) is 21.3. The van der Waals surface area contributed by atoms with Crippen LogP contribution in [0.25, 0.3) is 10.9 Å². The summed E-state index contributed by atoms with van der Waals surface area (Å²) in [5.74, 6) is -1.00. The van der Waals surface area contributed by atoms with Gasteiger partial charge in [0.25, 0.3) is 0 Å². The number of para-hydroxylation sites is 1. The van der Waals surface area contributed by atoms with Crippen LogP contribution in [0.1, 0.15) is 28.3 Å². The predicted octanol–water partition coefficient (Wildman–Crippen LogP) is 5.12. The van der Waals surface area contributed by atoms with Gasteiger partial charge in [-0.05, 0) is 31.5 Å². The minimum absolute atomic E-state index is 0.155. The van der Waals surface area contributed by atoms with Crippen LogP contribution in [0.3, 0.4) is 0 Å². The number of benzene rings is 2. The van der Waals surface area contributed by atoms with Gasteiger partial charge in [0.1, 0.15) is 5.82 Å². The van der Waals surface area contributed by atoms with E-state index in [0.29, 0.717) is 18.5 Å². The van der Waals surface area contributed by atoms with E-state index in [4.69, 9.17) is 0 Å². The lowest BCUT2D eigenvalue weighted by Crippen LogP contribution is -2.14. The van der Waals surface area contributed by atoms with Crippen molar-refractivity contribution in [3.63, 3.8) is 0 Å². The summed E-state index contributed by atoms with van der Waals surface area (Å²) in [4.78, 5) is 7.40. The standard InChI is InChI=1S/C22H20F3N5/c1-14-18(15(2)30(29-14)13-16-8-4-3-5-9-16)12-26-20-17-10-6-7-11-19(17)27-21(28-20)22(23,24)25/h3-11H,12-13H2,1-2H3,(H,26,27,28). The molecule has 5 nitrogen and oxygen atoms in total. The van der Waals surface area contributed by atoms with Gasteiger partial charge in [-0.2, -0.15) is 18.3 Å². The maximum Gasteiger partial charge on any atom is 0.451 e. The minimum atomic E-state index is -4.62. The van der Waals surface area contributed by atoms with Crippen molar-refractivity contribution in [2.75, 3.05) is 5.32 Å². The van der Waals surface area contributed by atoms with Gasteiger partial charge < -0.3 is 5.32 Å². The number of nitrogens with zero attached hydrogens (tertiary/aromatic N) is 4. The smallest absolute Gasteiger partial charge is 0.365 e. The second kappa shape index (κ2) is 7.78. The third-order valence-electron chi connectivity index (χ3n) is 5.00. The lowest BCUT2D eigenvalue weighted by atomic mass is 10.1. The first-order valence-electron chi connectivity index (χ1n) is 9.47. The van der Waals surface area contributed by atoms with Crippen molar-refractivity contribution in [3.8, 4) is 0 Å². The summed E-state index contributed by atoms with van der Waals surface area (Å²) in [7, 11) is 0. The van der Waals surface area contributed by atoms with Crippen LogP contribution in [0.4, 0.5) is 19.0 Å². The van der Waals surface area contributed by atoms with Gasteiger partial charge in [-0.1, -0.05) is 42.5 Å². The molecule has 2 heterocycles. The molecule has 0 aliphatic carbocycles. The highest BCUT2D eigenvalue weighted by atomic mass is 19.4. The Labute approximate surface area is 171 Å². The van der Waals surface area contributed by atoms with Crippen LogP contribution < -0.4 is 5.32 Å². The third-order valence-corrected chi connectivity index (χ3v) is 5.00. The first-order chi connectivity index (χ1) is 14.3. The van der Waals surface area contributed by atoms with Crippen LogP contribution in [0.15, 0.2) is 54.6 Å². The number of alkyl halides is 3. The van der Waals surface area contributed by atoms with Crippen LogP contribution in [0.5, 0.6) is 0 Å². The molecule has 4 aromatic rings. The molecule has 2 aromatic carbocycles.